The summed E-state index contributed by atoms with van der Waals surface area (Å²) in [4.78, 5) is 39.7. The van der Waals surface area contributed by atoms with Crippen LogP contribution in [0.1, 0.15) is 5.76 Å². The lowest BCUT2D eigenvalue weighted by Gasteiger charge is -2.28. The Kier molecular flexibility index (Phi) is 8.02. The van der Waals surface area contributed by atoms with Gasteiger partial charge in [0.25, 0.3) is 0 Å². The van der Waals surface area contributed by atoms with Crippen molar-refractivity contribution in [3.8, 4) is 0 Å². The maximum atomic E-state index is 12.2. The number of imide groups is 1. The molecule has 0 spiro atoms. The predicted molar refractivity (Wildman–Crippen MR) is 115 cm³/mol. The van der Waals surface area contributed by atoms with Crippen LogP contribution in [0.4, 0.5) is 16.2 Å². The van der Waals surface area contributed by atoms with Crippen LogP contribution in [0.5, 0.6) is 0 Å². The van der Waals surface area contributed by atoms with Crippen molar-refractivity contribution in [1.82, 2.24) is 15.5 Å². The fourth-order valence-corrected chi connectivity index (χ4v) is 3.11. The van der Waals surface area contributed by atoms with Crippen LogP contribution in [-0.2, 0) is 20.9 Å². The van der Waals surface area contributed by atoms with Gasteiger partial charge in [-0.1, -0.05) is 0 Å². The first kappa shape index (κ1) is 22.3. The highest BCUT2D eigenvalue weighted by Gasteiger charge is 2.14. The Morgan fingerprint density at radius 1 is 1.03 bits per heavy atom. The third kappa shape index (κ3) is 7.43. The van der Waals surface area contributed by atoms with Crippen LogP contribution in [0, 0.1) is 0 Å². The van der Waals surface area contributed by atoms with E-state index in [0.29, 0.717) is 24.7 Å². The van der Waals surface area contributed by atoms with Gasteiger partial charge in [0.15, 0.2) is 0 Å². The first-order valence-corrected chi connectivity index (χ1v) is 10.0. The molecule has 1 fully saturated rings. The first-order valence-electron chi connectivity index (χ1n) is 10.0. The van der Waals surface area contributed by atoms with E-state index < -0.39 is 11.9 Å². The number of nitrogens with zero attached hydrogens (tertiary/aromatic N) is 2. The van der Waals surface area contributed by atoms with Crippen LogP contribution >= 0.6 is 0 Å². The maximum Gasteiger partial charge on any atom is 0.321 e. The van der Waals surface area contributed by atoms with Crippen molar-refractivity contribution < 1.29 is 23.5 Å². The van der Waals surface area contributed by atoms with E-state index in [2.05, 4.69) is 20.9 Å². The van der Waals surface area contributed by atoms with Crippen molar-refractivity contribution >= 4 is 29.2 Å². The van der Waals surface area contributed by atoms with Gasteiger partial charge >= 0.3 is 6.03 Å². The molecule has 1 aromatic heterocycles. The van der Waals surface area contributed by atoms with E-state index in [9.17, 15) is 14.4 Å². The fraction of sp³-hybridized carbons (Fsp3) is 0.381. The SMILES string of the molecule is CN(CC(=O)NC(=O)NCc1ccco1)CC(=O)Nc1ccc(N2CCOCC2)cc1. The summed E-state index contributed by atoms with van der Waals surface area (Å²) in [5.41, 5.74) is 1.76. The van der Waals surface area contributed by atoms with Crippen molar-refractivity contribution in [2.75, 3.05) is 56.7 Å². The molecule has 1 aliphatic heterocycles. The zero-order chi connectivity index (χ0) is 22.1. The van der Waals surface area contributed by atoms with Gasteiger partial charge in [0, 0.05) is 24.5 Å². The zero-order valence-electron chi connectivity index (χ0n) is 17.4. The van der Waals surface area contributed by atoms with Crippen molar-refractivity contribution in [3.63, 3.8) is 0 Å². The number of carbonyl (C=O) groups excluding carboxylic acids is 3. The molecule has 0 radical (unpaired) electrons. The minimum absolute atomic E-state index is 0.00660. The molecule has 0 aliphatic carbocycles. The number of morpholine rings is 1. The van der Waals surface area contributed by atoms with Gasteiger partial charge < -0.3 is 24.7 Å². The largest absolute Gasteiger partial charge is 0.467 e. The van der Waals surface area contributed by atoms with Gasteiger partial charge in [0.1, 0.15) is 5.76 Å². The molecule has 2 aromatic rings. The summed E-state index contributed by atoms with van der Waals surface area (Å²) >= 11 is 0. The highest BCUT2D eigenvalue weighted by molar-refractivity contribution is 5.96. The molecule has 0 unspecified atom stereocenters. The predicted octanol–water partition coefficient (Wildman–Crippen LogP) is 1.01. The average molecular weight is 429 g/mol. The van der Waals surface area contributed by atoms with Crippen molar-refractivity contribution in [2.45, 2.75) is 6.54 Å². The van der Waals surface area contributed by atoms with E-state index in [1.807, 2.05) is 24.3 Å². The Balaban J connectivity index is 1.36. The highest BCUT2D eigenvalue weighted by Crippen LogP contribution is 2.19. The van der Waals surface area contributed by atoms with Crippen molar-refractivity contribution in [3.05, 3.63) is 48.4 Å². The third-order valence-corrected chi connectivity index (χ3v) is 4.61. The summed E-state index contributed by atoms with van der Waals surface area (Å²) in [6, 6.07) is 10.4. The van der Waals surface area contributed by atoms with Gasteiger partial charge in [-0.2, -0.15) is 0 Å². The monoisotopic (exact) mass is 429 g/mol. The summed E-state index contributed by atoms with van der Waals surface area (Å²) in [6.07, 6.45) is 1.50. The Bertz CT molecular complexity index is 863. The van der Waals surface area contributed by atoms with Gasteiger partial charge in [-0.05, 0) is 43.4 Å². The van der Waals surface area contributed by atoms with Crippen LogP contribution in [0.15, 0.2) is 47.1 Å². The summed E-state index contributed by atoms with van der Waals surface area (Å²) in [5.74, 6) is -0.187. The lowest BCUT2D eigenvalue weighted by Crippen LogP contribution is -2.44. The molecule has 1 aliphatic rings. The maximum absolute atomic E-state index is 12.2. The number of hydrogen-bond donors (Lipinski definition) is 3. The molecule has 10 nitrogen and oxygen atoms in total. The van der Waals surface area contributed by atoms with Crippen molar-refractivity contribution in [2.24, 2.45) is 0 Å². The second-order valence-corrected chi connectivity index (χ2v) is 7.18. The molecule has 1 saturated heterocycles. The molecule has 3 rings (SSSR count). The topological polar surface area (TPSA) is 116 Å². The van der Waals surface area contributed by atoms with Gasteiger partial charge in [-0.3, -0.25) is 19.8 Å². The first-order chi connectivity index (χ1) is 15.0. The molecule has 4 amide bonds. The molecule has 2 heterocycles. The molecule has 0 atom stereocenters. The number of furan rings is 1. The number of rotatable bonds is 8. The minimum atomic E-state index is -0.625. The summed E-state index contributed by atoms with van der Waals surface area (Å²) in [7, 11) is 1.63. The smallest absolute Gasteiger partial charge is 0.321 e. The molecule has 10 heteroatoms. The molecular formula is C21H27N5O5. The Labute approximate surface area is 180 Å². The minimum Gasteiger partial charge on any atom is -0.467 e. The third-order valence-electron chi connectivity index (χ3n) is 4.61. The van der Waals surface area contributed by atoms with Gasteiger partial charge in [-0.15, -0.1) is 0 Å². The number of ether oxygens (including phenoxy) is 1. The van der Waals surface area contributed by atoms with E-state index in [4.69, 9.17) is 9.15 Å². The van der Waals surface area contributed by atoms with E-state index in [1.165, 1.54) is 11.2 Å². The Morgan fingerprint density at radius 3 is 2.42 bits per heavy atom. The second kappa shape index (κ2) is 11.1. The lowest BCUT2D eigenvalue weighted by molar-refractivity contribution is -0.122. The van der Waals surface area contributed by atoms with Crippen LogP contribution in [0.3, 0.4) is 0 Å². The normalized spacial score (nSPS) is 13.7. The number of hydrogen-bond acceptors (Lipinski definition) is 7. The number of amides is 4. The Hall–Kier alpha value is -3.37. The summed E-state index contributed by atoms with van der Waals surface area (Å²) < 4.78 is 10.4. The van der Waals surface area contributed by atoms with Crippen LogP contribution in [0.2, 0.25) is 0 Å². The van der Waals surface area contributed by atoms with E-state index in [0.717, 1.165) is 18.8 Å². The fourth-order valence-electron chi connectivity index (χ4n) is 3.11. The highest BCUT2D eigenvalue weighted by atomic mass is 16.5. The number of anilines is 2. The standard InChI is InChI=1S/C21H27N5O5/c1-25(15-20(28)24-21(29)22-13-18-3-2-10-31-18)14-19(27)23-16-4-6-17(7-5-16)26-8-11-30-12-9-26/h2-7,10H,8-9,11-15H2,1H3,(H,23,27)(H2,22,24,28,29). The lowest BCUT2D eigenvalue weighted by atomic mass is 10.2. The summed E-state index contributed by atoms with van der Waals surface area (Å²) in [5, 5.41) is 7.54. The van der Waals surface area contributed by atoms with Gasteiger partial charge in [0.05, 0.1) is 39.1 Å². The van der Waals surface area contributed by atoms with E-state index in [1.54, 1.807) is 19.2 Å². The second-order valence-electron chi connectivity index (χ2n) is 7.18. The molecule has 166 valence electrons. The zero-order valence-corrected chi connectivity index (χ0v) is 17.4. The van der Waals surface area contributed by atoms with Crippen LogP contribution < -0.4 is 20.9 Å². The molecule has 3 N–H and O–H groups in total. The van der Waals surface area contributed by atoms with Crippen molar-refractivity contribution in [1.29, 1.82) is 0 Å². The van der Waals surface area contributed by atoms with Gasteiger partial charge in [0.2, 0.25) is 11.8 Å². The van der Waals surface area contributed by atoms with Gasteiger partial charge in [-0.25, -0.2) is 4.79 Å². The Morgan fingerprint density at radius 2 is 1.74 bits per heavy atom. The number of carbonyl (C=O) groups is 3. The number of urea groups is 1. The number of likely N-dealkylation sites (N-methyl/N-ethyl adjacent to an activating group) is 1. The van der Waals surface area contributed by atoms with Crippen LogP contribution in [0.25, 0.3) is 0 Å². The quantitative estimate of drug-likeness (QED) is 0.574. The van der Waals surface area contributed by atoms with E-state index >= 15 is 0 Å². The van der Waals surface area contributed by atoms with E-state index in [-0.39, 0.29) is 25.5 Å². The molecule has 31 heavy (non-hydrogen) atoms. The summed E-state index contributed by atoms with van der Waals surface area (Å²) in [6.45, 7) is 3.20. The molecule has 0 bridgehead atoms. The molecule has 1 aromatic carbocycles. The van der Waals surface area contributed by atoms with Crippen LogP contribution in [-0.4, -0.2) is 69.2 Å². The average Bonchev–Trinajstić information content (AvgIpc) is 3.27. The molecule has 0 saturated carbocycles. The number of nitrogens with one attached hydrogen (secondary N) is 3. The number of benzene rings is 1. The molecular weight excluding hydrogens is 402 g/mol.